The molecule has 3 rings (SSSR count). The summed E-state index contributed by atoms with van der Waals surface area (Å²) >= 11 is 17.8. The summed E-state index contributed by atoms with van der Waals surface area (Å²) in [5, 5.41) is 9.52. The van der Waals surface area contributed by atoms with Crippen molar-refractivity contribution in [2.75, 3.05) is 0 Å². The zero-order valence-electron chi connectivity index (χ0n) is 10.1. The van der Waals surface area contributed by atoms with Gasteiger partial charge >= 0.3 is 29.6 Å². The predicted octanol–water partition coefficient (Wildman–Crippen LogP) is -0.131. The Morgan fingerprint density at radius 3 is 2.68 bits per heavy atom. The van der Waals surface area contributed by atoms with Crippen LogP contribution >= 0.6 is 23.2 Å². The van der Waals surface area contributed by atoms with Crippen LogP contribution in [0.1, 0.15) is 23.8 Å². The van der Waals surface area contributed by atoms with Gasteiger partial charge < -0.3 is 12.6 Å². The summed E-state index contributed by atoms with van der Waals surface area (Å²) in [5.41, 5.74) is 0.118. The number of aromatic nitrogens is 2. The molecule has 0 radical (unpaired) electrons. The maximum absolute atomic E-state index is 9.28. The van der Waals surface area contributed by atoms with E-state index in [0.717, 1.165) is 12.8 Å². The Morgan fingerprint density at radius 2 is 2.11 bits per heavy atom. The zero-order chi connectivity index (χ0) is 12.9. The molecule has 2 unspecified atom stereocenters. The Balaban J connectivity index is 0.00000133. The molecule has 1 saturated carbocycles. The molecule has 19 heavy (non-hydrogen) atoms. The van der Waals surface area contributed by atoms with Crippen LogP contribution in [0.15, 0.2) is 16.3 Å². The normalized spacial score (nSPS) is 26.5. The Bertz CT molecular complexity index is 597. The van der Waals surface area contributed by atoms with Gasteiger partial charge in [-0.25, -0.2) is 9.98 Å². The van der Waals surface area contributed by atoms with Gasteiger partial charge in [0.25, 0.3) is 0 Å². The number of hydrogen-bond donors (Lipinski definition) is 0. The SMILES string of the molecule is N#CC1(C2C(Cl)=Nc3ncnc([S-])c3C2Cl)CC1.[Na+]. The monoisotopic (exact) mass is 320 g/mol. The molecule has 8 heteroatoms. The standard InChI is InChI=1S/C11H8Cl2N4S.Na/c12-7-5-9(15-4-16-10(5)18)17-8(13)6(7)11(3-14)1-2-11;/h4,6-7H,1-2H2,(H,15,16,18);/q;+1/p-1. The first kappa shape index (κ1) is 15.4. The molecule has 0 amide bonds. The minimum atomic E-state index is -0.498. The average molecular weight is 321 g/mol. The number of nitriles is 1. The minimum absolute atomic E-state index is 0. The molecule has 1 aliphatic heterocycles. The van der Waals surface area contributed by atoms with Crippen molar-refractivity contribution in [3.8, 4) is 6.07 Å². The van der Waals surface area contributed by atoms with E-state index in [0.29, 0.717) is 21.6 Å². The van der Waals surface area contributed by atoms with Gasteiger partial charge in [-0.1, -0.05) is 16.6 Å². The molecule has 4 nitrogen and oxygen atoms in total. The molecule has 0 saturated heterocycles. The van der Waals surface area contributed by atoms with Crippen molar-refractivity contribution in [3.05, 3.63) is 11.9 Å². The molecule has 1 aromatic rings. The van der Waals surface area contributed by atoms with Crippen molar-refractivity contribution >= 4 is 46.8 Å². The van der Waals surface area contributed by atoms with Gasteiger partial charge in [0.05, 0.1) is 22.8 Å². The van der Waals surface area contributed by atoms with Crippen LogP contribution in [-0.4, -0.2) is 15.1 Å². The first-order chi connectivity index (χ1) is 8.59. The zero-order valence-corrected chi connectivity index (χ0v) is 14.4. The van der Waals surface area contributed by atoms with E-state index >= 15 is 0 Å². The quantitative estimate of drug-likeness (QED) is 0.313. The third-order valence-corrected chi connectivity index (χ3v) is 4.59. The van der Waals surface area contributed by atoms with E-state index in [-0.39, 0.29) is 35.5 Å². The minimum Gasteiger partial charge on any atom is -0.760 e. The van der Waals surface area contributed by atoms with Crippen LogP contribution in [0.25, 0.3) is 0 Å². The summed E-state index contributed by atoms with van der Waals surface area (Å²) in [4.78, 5) is 12.2. The molecular formula is C11H7Cl2N4NaS. The van der Waals surface area contributed by atoms with E-state index in [2.05, 4.69) is 21.0 Å². The summed E-state index contributed by atoms with van der Waals surface area (Å²) < 4.78 is 0. The molecule has 1 aliphatic carbocycles. The molecule has 2 heterocycles. The number of aliphatic imine (C=N–C) groups is 1. The molecule has 0 spiro atoms. The van der Waals surface area contributed by atoms with Gasteiger partial charge in [-0.3, -0.25) is 4.98 Å². The number of hydrogen-bond acceptors (Lipinski definition) is 5. The molecule has 0 bridgehead atoms. The number of fused-ring (bicyclic) bond motifs is 1. The van der Waals surface area contributed by atoms with Gasteiger partial charge in [0, 0.05) is 5.56 Å². The van der Waals surface area contributed by atoms with Crippen molar-refractivity contribution in [1.29, 1.82) is 5.26 Å². The van der Waals surface area contributed by atoms with Crippen LogP contribution in [0.5, 0.6) is 0 Å². The molecule has 1 fully saturated rings. The fourth-order valence-electron chi connectivity index (χ4n) is 2.29. The average Bonchev–Trinajstić information content (AvgIpc) is 3.09. The van der Waals surface area contributed by atoms with E-state index in [9.17, 15) is 5.26 Å². The number of rotatable bonds is 1. The van der Waals surface area contributed by atoms with Gasteiger partial charge in [0.15, 0.2) is 5.82 Å². The largest absolute Gasteiger partial charge is 1.00 e. The van der Waals surface area contributed by atoms with Crippen LogP contribution in [0, 0.1) is 22.7 Å². The summed E-state index contributed by atoms with van der Waals surface area (Å²) in [6.07, 6.45) is 2.92. The van der Waals surface area contributed by atoms with E-state index < -0.39 is 10.8 Å². The van der Waals surface area contributed by atoms with Crippen molar-refractivity contribution in [2.45, 2.75) is 23.2 Å². The van der Waals surface area contributed by atoms with Crippen molar-refractivity contribution in [2.24, 2.45) is 16.3 Å². The van der Waals surface area contributed by atoms with Crippen molar-refractivity contribution < 1.29 is 29.6 Å². The Hall–Kier alpha value is 0.0400. The maximum atomic E-state index is 9.28. The molecular weight excluding hydrogens is 314 g/mol. The third kappa shape index (κ3) is 2.39. The third-order valence-electron chi connectivity index (χ3n) is 3.47. The second-order valence-electron chi connectivity index (χ2n) is 4.50. The maximum Gasteiger partial charge on any atom is 1.00 e. The summed E-state index contributed by atoms with van der Waals surface area (Å²) in [6, 6.07) is 2.31. The van der Waals surface area contributed by atoms with Crippen LogP contribution in [-0.2, 0) is 12.6 Å². The van der Waals surface area contributed by atoms with E-state index in [4.69, 9.17) is 35.8 Å². The Morgan fingerprint density at radius 1 is 1.42 bits per heavy atom. The second kappa shape index (κ2) is 5.44. The van der Waals surface area contributed by atoms with E-state index in [1.54, 1.807) is 0 Å². The smallest absolute Gasteiger partial charge is 0.760 e. The fourth-order valence-corrected chi connectivity index (χ4v) is 3.67. The van der Waals surface area contributed by atoms with Crippen LogP contribution < -0.4 is 29.6 Å². The molecule has 2 aliphatic rings. The van der Waals surface area contributed by atoms with Gasteiger partial charge in [-0.2, -0.15) is 5.26 Å². The summed E-state index contributed by atoms with van der Waals surface area (Å²) in [6.45, 7) is 0. The predicted molar refractivity (Wildman–Crippen MR) is 70.0 cm³/mol. The van der Waals surface area contributed by atoms with Crippen LogP contribution in [0.4, 0.5) is 5.82 Å². The van der Waals surface area contributed by atoms with Gasteiger partial charge in [0.1, 0.15) is 11.5 Å². The number of halogens is 2. The molecule has 92 valence electrons. The molecule has 1 aromatic heterocycles. The first-order valence-corrected chi connectivity index (χ1v) is 6.62. The van der Waals surface area contributed by atoms with Gasteiger partial charge in [0.2, 0.25) is 0 Å². The molecule has 0 aromatic carbocycles. The van der Waals surface area contributed by atoms with Crippen molar-refractivity contribution in [3.63, 3.8) is 0 Å². The Kier molecular flexibility index (Phi) is 4.41. The Labute approximate surface area is 148 Å². The van der Waals surface area contributed by atoms with Crippen molar-refractivity contribution in [1.82, 2.24) is 9.97 Å². The topological polar surface area (TPSA) is 61.9 Å². The fraction of sp³-hybridized carbons (Fsp3) is 0.455. The second-order valence-corrected chi connectivity index (χ2v) is 5.74. The van der Waals surface area contributed by atoms with Crippen LogP contribution in [0.3, 0.4) is 0 Å². The van der Waals surface area contributed by atoms with Gasteiger partial charge in [-0.15, -0.1) is 11.6 Å². The molecule has 0 N–H and O–H groups in total. The summed E-state index contributed by atoms with van der Waals surface area (Å²) in [7, 11) is 0. The number of nitrogens with zero attached hydrogens (tertiary/aromatic N) is 4. The number of alkyl halides is 1. The molecule has 2 atom stereocenters. The first-order valence-electron chi connectivity index (χ1n) is 5.40. The summed E-state index contributed by atoms with van der Waals surface area (Å²) in [5.74, 6) is 0.107. The van der Waals surface area contributed by atoms with Gasteiger partial charge in [-0.05, 0) is 12.8 Å². The van der Waals surface area contributed by atoms with E-state index in [1.807, 2.05) is 0 Å². The van der Waals surface area contributed by atoms with Crippen LogP contribution in [0.2, 0.25) is 0 Å². The van der Waals surface area contributed by atoms with E-state index in [1.165, 1.54) is 6.33 Å².